The summed E-state index contributed by atoms with van der Waals surface area (Å²) in [4.78, 5) is 23.4. The largest absolute Gasteiger partial charge is 0.595 e. The number of hydrogen-bond acceptors (Lipinski definition) is 6. The monoisotopic (exact) mass is 279 g/mol. The van der Waals surface area contributed by atoms with Gasteiger partial charge in [-0.2, -0.15) is 5.23 Å². The van der Waals surface area contributed by atoms with Gasteiger partial charge >= 0.3 is 11.9 Å². The predicted molar refractivity (Wildman–Crippen MR) is 66.5 cm³/mol. The Hall–Kier alpha value is -2.22. The molecule has 0 aromatic heterocycles. The summed E-state index contributed by atoms with van der Waals surface area (Å²) >= 11 is 0. The molecular weight excluding hydrogens is 266 g/mol. The number of hydrogen-bond donors (Lipinski definition) is 2. The van der Waals surface area contributed by atoms with Crippen LogP contribution in [0.1, 0.15) is 19.4 Å². The molecule has 1 aromatic rings. The maximum atomic E-state index is 11.7. The van der Waals surface area contributed by atoms with Crippen molar-refractivity contribution in [3.63, 3.8) is 0 Å². The average Bonchev–Trinajstić information content (AvgIpc) is 2.33. The molecular formula is C13H13NO6. The highest BCUT2D eigenvalue weighted by Crippen LogP contribution is 2.24. The molecule has 2 N–H and O–H groups in total. The summed E-state index contributed by atoms with van der Waals surface area (Å²) in [7, 11) is 0. The lowest BCUT2D eigenvalue weighted by atomic mass is 10.1. The van der Waals surface area contributed by atoms with Crippen LogP contribution in [0.3, 0.4) is 0 Å². The van der Waals surface area contributed by atoms with Gasteiger partial charge in [-0.1, -0.05) is 0 Å². The minimum atomic E-state index is -1.28. The zero-order chi connectivity index (χ0) is 14.9. The first-order valence-corrected chi connectivity index (χ1v) is 5.80. The highest BCUT2D eigenvalue weighted by atomic mass is 16.8. The molecule has 0 saturated carbocycles. The van der Waals surface area contributed by atoms with Crippen molar-refractivity contribution in [1.29, 1.82) is 0 Å². The zero-order valence-electron chi connectivity index (χ0n) is 10.9. The maximum Gasteiger partial charge on any atom is 0.348 e. The molecule has 0 amide bonds. The van der Waals surface area contributed by atoms with E-state index in [9.17, 15) is 14.8 Å². The highest BCUT2D eigenvalue weighted by Gasteiger charge is 2.38. The molecule has 20 heavy (non-hydrogen) atoms. The number of carbonyl (C=O) groups excluding carboxylic acids is 2. The second kappa shape index (κ2) is 5.04. The Morgan fingerprint density at radius 1 is 1.15 bits per heavy atom. The first-order valence-electron chi connectivity index (χ1n) is 5.80. The topological polar surface area (TPSA) is 100 Å². The van der Waals surface area contributed by atoms with Gasteiger partial charge in [0.2, 0.25) is 0 Å². The summed E-state index contributed by atoms with van der Waals surface area (Å²) < 4.78 is 9.89. The van der Waals surface area contributed by atoms with Gasteiger partial charge in [0.15, 0.2) is 5.69 Å². The fourth-order valence-corrected chi connectivity index (χ4v) is 1.67. The van der Waals surface area contributed by atoms with Gasteiger partial charge in [-0.3, -0.25) is 0 Å². The predicted octanol–water partition coefficient (Wildman–Crippen LogP) is 0.309. The third-order valence-electron chi connectivity index (χ3n) is 2.59. The van der Waals surface area contributed by atoms with Crippen LogP contribution in [0.4, 0.5) is 5.69 Å². The molecule has 1 aliphatic rings. The molecule has 7 heteroatoms. The summed E-state index contributed by atoms with van der Waals surface area (Å²) in [5.74, 6) is -2.82. The highest BCUT2D eigenvalue weighted by molar-refractivity contribution is 6.18. The number of cyclic esters (lactones) is 2. The van der Waals surface area contributed by atoms with Crippen LogP contribution in [0, 0.1) is 5.21 Å². The molecule has 1 atom stereocenters. The Kier molecular flexibility index (Phi) is 3.58. The lowest BCUT2D eigenvalue weighted by molar-refractivity contribution is -0.991. The first-order chi connectivity index (χ1) is 9.28. The second-order valence-corrected chi connectivity index (χ2v) is 4.66. The van der Waals surface area contributed by atoms with Crippen LogP contribution < -0.4 is 5.23 Å². The van der Waals surface area contributed by atoms with Crippen LogP contribution >= 0.6 is 0 Å². The smallest absolute Gasteiger partial charge is 0.348 e. The molecule has 1 saturated heterocycles. The number of benzene rings is 1. The Balaban J connectivity index is 2.26. The van der Waals surface area contributed by atoms with Gasteiger partial charge < -0.3 is 14.7 Å². The average molecular weight is 279 g/mol. The Labute approximate surface area is 114 Å². The van der Waals surface area contributed by atoms with E-state index in [0.717, 1.165) is 0 Å². The summed E-state index contributed by atoms with van der Waals surface area (Å²) in [6, 6.07) is 5.71. The standard InChI is InChI=1S/C13H13NO6/c1-13(2)19-11(15)10(12(16)20-13)7-8-3-5-9(6-4-8)14(17)18/h3-7,14,17H,1-2H3. The summed E-state index contributed by atoms with van der Waals surface area (Å²) in [6.45, 7) is 2.92. The quantitative estimate of drug-likeness (QED) is 0.350. The third-order valence-corrected chi connectivity index (χ3v) is 2.59. The zero-order valence-corrected chi connectivity index (χ0v) is 10.9. The van der Waals surface area contributed by atoms with Gasteiger partial charge in [0, 0.05) is 26.0 Å². The Morgan fingerprint density at radius 2 is 1.65 bits per heavy atom. The van der Waals surface area contributed by atoms with Crippen molar-refractivity contribution in [1.82, 2.24) is 0 Å². The molecule has 0 spiro atoms. The van der Waals surface area contributed by atoms with E-state index in [0.29, 0.717) is 5.56 Å². The van der Waals surface area contributed by atoms with E-state index in [4.69, 9.17) is 14.7 Å². The van der Waals surface area contributed by atoms with Gasteiger partial charge in [0.05, 0.1) is 0 Å². The summed E-state index contributed by atoms with van der Waals surface area (Å²) in [5.41, 5.74) is 0.382. The van der Waals surface area contributed by atoms with E-state index >= 15 is 0 Å². The molecule has 1 aromatic carbocycles. The van der Waals surface area contributed by atoms with Gasteiger partial charge in [0.25, 0.3) is 5.79 Å². The van der Waals surface area contributed by atoms with Crippen molar-refractivity contribution in [3.8, 4) is 0 Å². The second-order valence-electron chi connectivity index (χ2n) is 4.66. The van der Waals surface area contributed by atoms with Crippen LogP contribution in [-0.4, -0.2) is 22.9 Å². The number of rotatable bonds is 2. The number of quaternary nitrogens is 1. The molecule has 2 rings (SSSR count). The Morgan fingerprint density at radius 3 is 2.10 bits per heavy atom. The van der Waals surface area contributed by atoms with Crippen molar-refractivity contribution < 1.29 is 29.5 Å². The molecule has 1 heterocycles. The minimum Gasteiger partial charge on any atom is -0.595 e. The van der Waals surface area contributed by atoms with E-state index in [1.807, 2.05) is 0 Å². The van der Waals surface area contributed by atoms with E-state index in [2.05, 4.69) is 0 Å². The fraction of sp³-hybridized carbons (Fsp3) is 0.231. The summed E-state index contributed by atoms with van der Waals surface area (Å²) in [6.07, 6.45) is 1.30. The fourth-order valence-electron chi connectivity index (χ4n) is 1.67. The van der Waals surface area contributed by atoms with Crippen LogP contribution in [0.2, 0.25) is 0 Å². The number of esters is 2. The van der Waals surface area contributed by atoms with Crippen molar-refractivity contribution in [2.75, 3.05) is 0 Å². The van der Waals surface area contributed by atoms with Gasteiger partial charge in [-0.15, -0.1) is 0 Å². The van der Waals surface area contributed by atoms with Gasteiger partial charge in [-0.05, 0) is 23.8 Å². The minimum absolute atomic E-state index is 0.113. The maximum absolute atomic E-state index is 11.7. The molecule has 1 aliphatic heterocycles. The lowest BCUT2D eigenvalue weighted by Gasteiger charge is -2.29. The van der Waals surface area contributed by atoms with Gasteiger partial charge in [0.1, 0.15) is 5.57 Å². The van der Waals surface area contributed by atoms with Crippen molar-refractivity contribution in [2.45, 2.75) is 19.6 Å². The number of carbonyl (C=O) groups is 2. The van der Waals surface area contributed by atoms with Gasteiger partial charge in [-0.25, -0.2) is 14.8 Å². The van der Waals surface area contributed by atoms with Crippen LogP contribution in [0.5, 0.6) is 0 Å². The normalized spacial score (nSPS) is 19.1. The van der Waals surface area contributed by atoms with Crippen LogP contribution in [-0.2, 0) is 19.1 Å². The molecule has 0 bridgehead atoms. The third kappa shape index (κ3) is 3.02. The van der Waals surface area contributed by atoms with Crippen molar-refractivity contribution in [3.05, 3.63) is 40.6 Å². The first kappa shape index (κ1) is 14.2. The number of nitrogens with one attached hydrogen (secondary N) is 1. The SMILES string of the molecule is CC1(C)OC(=O)C(=Cc2ccc([NH+]([O-])O)cc2)C(=O)O1. The van der Waals surface area contributed by atoms with E-state index in [-0.39, 0.29) is 11.3 Å². The lowest BCUT2D eigenvalue weighted by Crippen LogP contribution is -2.99. The van der Waals surface area contributed by atoms with E-state index < -0.39 is 23.0 Å². The van der Waals surface area contributed by atoms with Crippen molar-refractivity contribution in [2.24, 2.45) is 0 Å². The van der Waals surface area contributed by atoms with E-state index in [1.165, 1.54) is 44.2 Å². The van der Waals surface area contributed by atoms with Crippen LogP contribution in [0.25, 0.3) is 6.08 Å². The number of ether oxygens (including phenoxy) is 2. The molecule has 7 nitrogen and oxygen atoms in total. The van der Waals surface area contributed by atoms with Crippen molar-refractivity contribution >= 4 is 23.7 Å². The summed E-state index contributed by atoms with van der Waals surface area (Å²) in [5, 5.41) is 18.4. The molecule has 0 aliphatic carbocycles. The molecule has 1 fully saturated rings. The Bertz CT molecular complexity index is 551. The van der Waals surface area contributed by atoms with Crippen LogP contribution in [0.15, 0.2) is 29.8 Å². The molecule has 0 radical (unpaired) electrons. The molecule has 106 valence electrons. The van der Waals surface area contributed by atoms with E-state index in [1.54, 1.807) is 0 Å². The molecule has 1 unspecified atom stereocenters.